The zero-order valence-corrected chi connectivity index (χ0v) is 12.6. The molecule has 0 N–H and O–H groups in total. The Kier molecular flexibility index (Phi) is 3.36. The average Bonchev–Trinajstić information content (AvgIpc) is 2.21. The molecule has 23 heavy (non-hydrogen) atoms. The minimum atomic E-state index is -10.5. The van der Waals surface area contributed by atoms with Crippen LogP contribution in [-0.4, -0.2) is 0 Å². The van der Waals surface area contributed by atoms with Crippen molar-refractivity contribution in [1.29, 1.82) is 0 Å². The molecule has 0 aromatic heterocycles. The first kappa shape index (κ1) is 17.6. The topological polar surface area (TPSA) is 0 Å². The molecule has 0 nitrogen and oxygen atoms in total. The lowest BCUT2D eigenvalue weighted by Crippen LogP contribution is -2.11. The lowest BCUT2D eigenvalue weighted by atomic mass is 9.98. The molecule has 2 aromatic carbocycles. The molecule has 128 valence electrons. The second kappa shape index (κ2) is 4.40. The van der Waals surface area contributed by atoms with E-state index in [0.29, 0.717) is 5.56 Å². The van der Waals surface area contributed by atoms with Crippen molar-refractivity contribution in [2.75, 3.05) is 0 Å². The first-order valence-corrected chi connectivity index (χ1v) is 8.05. The summed E-state index contributed by atoms with van der Waals surface area (Å²) in [6.07, 6.45) is 0. The van der Waals surface area contributed by atoms with Gasteiger partial charge in [0.05, 0.1) is 0 Å². The quantitative estimate of drug-likeness (QED) is 0.502. The molecule has 2 rings (SSSR count). The van der Waals surface area contributed by atoms with Gasteiger partial charge in [-0.25, -0.2) is 13.2 Å². The van der Waals surface area contributed by atoms with Crippen LogP contribution in [0.15, 0.2) is 29.2 Å². The predicted octanol–water partition coefficient (Wildman–Crippen LogP) is 7.05. The SMILES string of the molecule is Cc1cc(C)c(-c2cc(F)c(S(F)(F)(F)(F)F)c(F)c2)c(F)c1. The zero-order valence-electron chi connectivity index (χ0n) is 11.7. The summed E-state index contributed by atoms with van der Waals surface area (Å²) in [6, 6.07) is 2.55. The van der Waals surface area contributed by atoms with Gasteiger partial charge in [-0.15, -0.1) is 0 Å². The van der Waals surface area contributed by atoms with Crippen LogP contribution < -0.4 is 0 Å². The van der Waals surface area contributed by atoms with E-state index in [1.807, 2.05) is 0 Å². The van der Waals surface area contributed by atoms with E-state index in [1.165, 1.54) is 19.9 Å². The summed E-state index contributed by atoms with van der Waals surface area (Å²) in [5, 5.41) is 0. The van der Waals surface area contributed by atoms with E-state index in [1.54, 1.807) is 0 Å². The maximum absolute atomic E-state index is 13.9. The van der Waals surface area contributed by atoms with Crippen molar-refractivity contribution in [3.8, 4) is 11.1 Å². The molecule has 0 aliphatic heterocycles. The van der Waals surface area contributed by atoms with Crippen molar-refractivity contribution in [3.05, 3.63) is 52.8 Å². The van der Waals surface area contributed by atoms with E-state index < -0.39 is 38.1 Å². The Balaban J connectivity index is 2.78. The van der Waals surface area contributed by atoms with Crippen LogP contribution >= 0.6 is 10.2 Å². The summed E-state index contributed by atoms with van der Waals surface area (Å²) in [5.74, 6) is -5.90. The normalized spacial score (nSPS) is 15.2. The van der Waals surface area contributed by atoms with E-state index >= 15 is 0 Å². The van der Waals surface area contributed by atoms with Gasteiger partial charge >= 0.3 is 10.2 Å². The van der Waals surface area contributed by atoms with Crippen LogP contribution in [0.25, 0.3) is 11.1 Å². The largest absolute Gasteiger partial charge is 0.315 e. The lowest BCUT2D eigenvalue weighted by molar-refractivity contribution is 0.345. The molecule has 0 aliphatic rings. The molecule has 0 aliphatic carbocycles. The number of halogens is 8. The number of rotatable bonds is 2. The maximum Gasteiger partial charge on any atom is 0.315 e. The zero-order chi connectivity index (χ0) is 17.9. The van der Waals surface area contributed by atoms with E-state index in [4.69, 9.17) is 0 Å². The Bertz CT molecular complexity index is 762. The van der Waals surface area contributed by atoms with Gasteiger partial charge in [0.2, 0.25) is 0 Å². The predicted molar refractivity (Wildman–Crippen MR) is 72.6 cm³/mol. The fourth-order valence-corrected chi connectivity index (χ4v) is 3.21. The molecular weight excluding hydrogens is 352 g/mol. The molecule has 0 spiro atoms. The second-order valence-corrected chi connectivity index (χ2v) is 7.52. The van der Waals surface area contributed by atoms with Crippen LogP contribution in [0.1, 0.15) is 11.1 Å². The van der Waals surface area contributed by atoms with Gasteiger partial charge in [0.1, 0.15) is 17.5 Å². The first-order valence-electron chi connectivity index (χ1n) is 6.10. The molecule has 0 bridgehead atoms. The Hall–Kier alpha value is -1.77. The average molecular weight is 362 g/mol. The maximum atomic E-state index is 13.9. The Morgan fingerprint density at radius 2 is 1.17 bits per heavy atom. The van der Waals surface area contributed by atoms with E-state index in [-0.39, 0.29) is 23.3 Å². The van der Waals surface area contributed by atoms with Gasteiger partial charge in [-0.3, -0.25) is 0 Å². The summed E-state index contributed by atoms with van der Waals surface area (Å²) in [7, 11) is -10.5. The van der Waals surface area contributed by atoms with Crippen LogP contribution in [0.4, 0.5) is 32.6 Å². The third-order valence-corrected chi connectivity index (χ3v) is 4.27. The third kappa shape index (κ3) is 3.44. The lowest BCUT2D eigenvalue weighted by Gasteiger charge is -2.40. The van der Waals surface area contributed by atoms with Crippen LogP contribution in [0.3, 0.4) is 0 Å². The summed E-state index contributed by atoms with van der Waals surface area (Å²) in [4.78, 5) is -3.22. The summed E-state index contributed by atoms with van der Waals surface area (Å²) < 4.78 is 104. The standard InChI is InChI=1S/C14H10F8S/c1-7-3-8(2)13(10(15)4-7)9-5-11(16)14(12(17)6-9)23(18,19,20,21)22/h3-6H,1-2H3. The van der Waals surface area contributed by atoms with Crippen molar-refractivity contribution in [1.82, 2.24) is 0 Å². The van der Waals surface area contributed by atoms with Gasteiger partial charge in [0, 0.05) is 5.56 Å². The van der Waals surface area contributed by atoms with Crippen molar-refractivity contribution in [2.24, 2.45) is 0 Å². The summed E-state index contributed by atoms with van der Waals surface area (Å²) in [5.41, 5.74) is -0.280. The molecular formula is C14H10F8S. The minimum Gasteiger partial charge on any atom is -0.206 e. The highest BCUT2D eigenvalue weighted by atomic mass is 32.5. The van der Waals surface area contributed by atoms with E-state index in [0.717, 1.165) is 6.07 Å². The highest BCUT2D eigenvalue weighted by Gasteiger charge is 2.68. The van der Waals surface area contributed by atoms with Gasteiger partial charge in [-0.05, 0) is 48.7 Å². The molecule has 0 atom stereocenters. The van der Waals surface area contributed by atoms with Gasteiger partial charge in [0.25, 0.3) is 0 Å². The molecule has 0 heterocycles. The van der Waals surface area contributed by atoms with Crippen LogP contribution in [0.2, 0.25) is 0 Å². The molecule has 0 amide bonds. The molecule has 2 aromatic rings. The second-order valence-electron chi connectivity index (χ2n) is 5.18. The van der Waals surface area contributed by atoms with Crippen molar-refractivity contribution in [2.45, 2.75) is 18.7 Å². The van der Waals surface area contributed by atoms with Crippen LogP contribution in [-0.2, 0) is 0 Å². The van der Waals surface area contributed by atoms with E-state index in [9.17, 15) is 32.6 Å². The van der Waals surface area contributed by atoms with Crippen molar-refractivity contribution >= 4 is 10.2 Å². The number of hydrogen-bond acceptors (Lipinski definition) is 0. The van der Waals surface area contributed by atoms with E-state index in [2.05, 4.69) is 0 Å². The van der Waals surface area contributed by atoms with Crippen LogP contribution in [0, 0.1) is 31.3 Å². The number of aryl methyl sites for hydroxylation is 2. The fraction of sp³-hybridized carbons (Fsp3) is 0.143. The molecule has 9 heteroatoms. The first-order chi connectivity index (χ1) is 10.1. The van der Waals surface area contributed by atoms with Gasteiger partial charge < -0.3 is 0 Å². The molecule has 0 radical (unpaired) electrons. The Morgan fingerprint density at radius 3 is 1.57 bits per heavy atom. The highest BCUT2D eigenvalue weighted by Crippen LogP contribution is 3.02. The number of benzene rings is 2. The fourth-order valence-electron chi connectivity index (χ4n) is 2.35. The molecule has 0 unspecified atom stereocenters. The summed E-state index contributed by atoms with van der Waals surface area (Å²) in [6.45, 7) is 2.91. The van der Waals surface area contributed by atoms with Gasteiger partial charge in [-0.1, -0.05) is 25.5 Å². The number of hydrogen-bond donors (Lipinski definition) is 0. The van der Waals surface area contributed by atoms with Crippen LogP contribution in [0.5, 0.6) is 0 Å². The van der Waals surface area contributed by atoms with Gasteiger partial charge in [-0.2, -0.15) is 0 Å². The molecule has 0 fully saturated rings. The Labute approximate surface area is 126 Å². The third-order valence-electron chi connectivity index (χ3n) is 3.10. The van der Waals surface area contributed by atoms with Crippen molar-refractivity contribution < 1.29 is 32.6 Å². The molecule has 0 saturated carbocycles. The molecule has 0 saturated heterocycles. The van der Waals surface area contributed by atoms with Crippen molar-refractivity contribution in [3.63, 3.8) is 0 Å². The highest BCUT2D eigenvalue weighted by molar-refractivity contribution is 8.45. The summed E-state index contributed by atoms with van der Waals surface area (Å²) >= 11 is 0. The smallest absolute Gasteiger partial charge is 0.206 e. The Morgan fingerprint density at radius 1 is 0.696 bits per heavy atom. The minimum absolute atomic E-state index is 0.0526. The monoisotopic (exact) mass is 362 g/mol. The van der Waals surface area contributed by atoms with Gasteiger partial charge in [0.15, 0.2) is 4.90 Å².